The van der Waals surface area contributed by atoms with Crippen LogP contribution in [0.1, 0.15) is 52.0 Å². The van der Waals surface area contributed by atoms with Crippen LogP contribution in [0.4, 0.5) is 5.69 Å². The fourth-order valence-corrected chi connectivity index (χ4v) is 3.81. The van der Waals surface area contributed by atoms with Gasteiger partial charge in [-0.05, 0) is 55.2 Å². The van der Waals surface area contributed by atoms with Gasteiger partial charge in [-0.15, -0.1) is 0 Å². The van der Waals surface area contributed by atoms with Gasteiger partial charge in [0.2, 0.25) is 0 Å². The van der Waals surface area contributed by atoms with E-state index < -0.39 is 0 Å². The second-order valence-corrected chi connectivity index (χ2v) is 6.87. The normalized spacial score (nSPS) is 16.7. The van der Waals surface area contributed by atoms with Crippen LogP contribution in [0.2, 0.25) is 0 Å². The van der Waals surface area contributed by atoms with Gasteiger partial charge in [0, 0.05) is 29.4 Å². The lowest BCUT2D eigenvalue weighted by molar-refractivity contribution is 0.0935. The molecule has 4 heteroatoms. The molecule has 4 nitrogen and oxygen atoms in total. The first-order valence-corrected chi connectivity index (χ1v) is 9.03. The van der Waals surface area contributed by atoms with E-state index in [1.165, 1.54) is 18.4 Å². The minimum absolute atomic E-state index is 0.00676. The highest BCUT2D eigenvalue weighted by molar-refractivity contribution is 6.07. The standard InChI is InChI=1S/C21H22N2O2/c24-20(22-18-6-2-3-7-18)16-9-11-17(12-10-16)21(25)23-14-13-15-5-1-4-8-19(15)23/h1,4-5,8-12,18H,2-3,6-7,13-14H2,(H,22,24). The van der Waals surface area contributed by atoms with Crippen molar-refractivity contribution in [1.82, 2.24) is 5.32 Å². The summed E-state index contributed by atoms with van der Waals surface area (Å²) in [5.74, 6) is -0.0508. The minimum atomic E-state index is -0.0441. The Morgan fingerprint density at radius 2 is 1.60 bits per heavy atom. The highest BCUT2D eigenvalue weighted by Gasteiger charge is 2.25. The Hall–Kier alpha value is -2.62. The lowest BCUT2D eigenvalue weighted by Gasteiger charge is -2.17. The number of nitrogens with one attached hydrogen (secondary N) is 1. The van der Waals surface area contributed by atoms with Crippen molar-refractivity contribution < 1.29 is 9.59 Å². The van der Waals surface area contributed by atoms with E-state index in [0.29, 0.717) is 23.7 Å². The van der Waals surface area contributed by atoms with Crippen molar-refractivity contribution in [3.63, 3.8) is 0 Å². The number of carbonyl (C=O) groups is 2. The molecule has 0 atom stereocenters. The third-order valence-electron chi connectivity index (χ3n) is 5.22. The molecule has 0 saturated heterocycles. The van der Waals surface area contributed by atoms with Gasteiger partial charge in [-0.2, -0.15) is 0 Å². The van der Waals surface area contributed by atoms with E-state index in [0.717, 1.165) is 24.9 Å². The van der Waals surface area contributed by atoms with E-state index in [1.54, 1.807) is 24.3 Å². The van der Waals surface area contributed by atoms with Crippen LogP contribution >= 0.6 is 0 Å². The Kier molecular flexibility index (Phi) is 4.26. The number of amides is 2. The van der Waals surface area contributed by atoms with Gasteiger partial charge in [-0.3, -0.25) is 9.59 Å². The Labute approximate surface area is 147 Å². The molecule has 1 saturated carbocycles. The van der Waals surface area contributed by atoms with Crippen molar-refractivity contribution in [1.29, 1.82) is 0 Å². The van der Waals surface area contributed by atoms with Crippen LogP contribution in [0.25, 0.3) is 0 Å². The number of hydrogen-bond donors (Lipinski definition) is 1. The number of anilines is 1. The third kappa shape index (κ3) is 3.16. The molecule has 0 spiro atoms. The van der Waals surface area contributed by atoms with Crippen LogP contribution in [0.3, 0.4) is 0 Å². The maximum Gasteiger partial charge on any atom is 0.258 e. The molecule has 1 aliphatic heterocycles. The van der Waals surface area contributed by atoms with Gasteiger partial charge in [-0.25, -0.2) is 0 Å². The first-order chi connectivity index (χ1) is 12.2. The number of para-hydroxylation sites is 1. The fourth-order valence-electron chi connectivity index (χ4n) is 3.81. The van der Waals surface area contributed by atoms with E-state index in [9.17, 15) is 9.59 Å². The molecule has 1 aliphatic carbocycles. The Morgan fingerprint density at radius 3 is 2.36 bits per heavy atom. The van der Waals surface area contributed by atoms with Crippen molar-refractivity contribution >= 4 is 17.5 Å². The molecule has 2 aromatic rings. The number of fused-ring (bicyclic) bond motifs is 1. The fraction of sp³-hybridized carbons (Fsp3) is 0.333. The maximum absolute atomic E-state index is 12.8. The Balaban J connectivity index is 1.47. The van der Waals surface area contributed by atoms with Crippen LogP contribution in [-0.4, -0.2) is 24.4 Å². The monoisotopic (exact) mass is 334 g/mol. The summed E-state index contributed by atoms with van der Waals surface area (Å²) in [6.45, 7) is 0.710. The molecule has 0 aromatic heterocycles. The summed E-state index contributed by atoms with van der Waals surface area (Å²) in [6.07, 6.45) is 5.41. The van der Waals surface area contributed by atoms with Crippen molar-refractivity contribution in [3.05, 3.63) is 65.2 Å². The SMILES string of the molecule is O=C(NC1CCCC1)c1ccc(C(=O)N2CCc3ccccc32)cc1. The molecule has 0 bridgehead atoms. The third-order valence-corrected chi connectivity index (χ3v) is 5.22. The molecule has 0 unspecified atom stereocenters. The molecule has 1 N–H and O–H groups in total. The summed E-state index contributed by atoms with van der Waals surface area (Å²) in [4.78, 5) is 26.9. The summed E-state index contributed by atoms with van der Waals surface area (Å²) < 4.78 is 0. The van der Waals surface area contributed by atoms with Crippen LogP contribution in [0.15, 0.2) is 48.5 Å². The topological polar surface area (TPSA) is 49.4 Å². The summed E-state index contributed by atoms with van der Waals surface area (Å²) >= 11 is 0. The highest BCUT2D eigenvalue weighted by atomic mass is 16.2. The number of rotatable bonds is 3. The molecule has 128 valence electrons. The van der Waals surface area contributed by atoms with Gasteiger partial charge in [-0.1, -0.05) is 31.0 Å². The van der Waals surface area contributed by atoms with Crippen molar-refractivity contribution in [3.8, 4) is 0 Å². The number of nitrogens with zero attached hydrogens (tertiary/aromatic N) is 1. The van der Waals surface area contributed by atoms with Crippen molar-refractivity contribution in [2.45, 2.75) is 38.1 Å². The average molecular weight is 334 g/mol. The summed E-state index contributed by atoms with van der Waals surface area (Å²) in [5, 5.41) is 3.08. The van der Waals surface area contributed by atoms with E-state index in [4.69, 9.17) is 0 Å². The van der Waals surface area contributed by atoms with E-state index in [1.807, 2.05) is 23.1 Å². The van der Waals surface area contributed by atoms with Crippen molar-refractivity contribution in [2.24, 2.45) is 0 Å². The molecule has 25 heavy (non-hydrogen) atoms. The maximum atomic E-state index is 12.8. The number of hydrogen-bond acceptors (Lipinski definition) is 2. The predicted octanol–water partition coefficient (Wildman–Crippen LogP) is 3.56. The second kappa shape index (κ2) is 6.71. The van der Waals surface area contributed by atoms with E-state index >= 15 is 0 Å². The smallest absolute Gasteiger partial charge is 0.258 e. The largest absolute Gasteiger partial charge is 0.349 e. The van der Waals surface area contributed by atoms with Crippen LogP contribution in [0, 0.1) is 0 Å². The molecule has 2 aromatic carbocycles. The predicted molar refractivity (Wildman–Crippen MR) is 98.0 cm³/mol. The van der Waals surface area contributed by atoms with E-state index in [2.05, 4.69) is 11.4 Å². The van der Waals surface area contributed by atoms with Crippen LogP contribution in [-0.2, 0) is 6.42 Å². The minimum Gasteiger partial charge on any atom is -0.349 e. The average Bonchev–Trinajstić information content (AvgIpc) is 3.31. The van der Waals surface area contributed by atoms with Gasteiger partial charge >= 0.3 is 0 Å². The number of carbonyl (C=O) groups excluding carboxylic acids is 2. The van der Waals surface area contributed by atoms with Crippen molar-refractivity contribution in [2.75, 3.05) is 11.4 Å². The van der Waals surface area contributed by atoms with Crippen LogP contribution < -0.4 is 10.2 Å². The van der Waals surface area contributed by atoms with Gasteiger partial charge in [0.1, 0.15) is 0 Å². The van der Waals surface area contributed by atoms with Gasteiger partial charge in [0.25, 0.3) is 11.8 Å². The molecular weight excluding hydrogens is 312 g/mol. The van der Waals surface area contributed by atoms with E-state index in [-0.39, 0.29) is 11.8 Å². The molecule has 2 aliphatic rings. The summed E-state index contributed by atoms with van der Waals surface area (Å²) in [6, 6.07) is 15.3. The lowest BCUT2D eigenvalue weighted by Crippen LogP contribution is -2.32. The second-order valence-electron chi connectivity index (χ2n) is 6.87. The molecule has 2 amide bonds. The molecular formula is C21H22N2O2. The summed E-state index contributed by atoms with van der Waals surface area (Å²) in [7, 11) is 0. The Morgan fingerprint density at radius 1 is 0.920 bits per heavy atom. The zero-order valence-corrected chi connectivity index (χ0v) is 14.2. The number of benzene rings is 2. The molecule has 0 radical (unpaired) electrons. The van der Waals surface area contributed by atoms with Crippen LogP contribution in [0.5, 0.6) is 0 Å². The molecule has 1 heterocycles. The molecule has 4 rings (SSSR count). The zero-order valence-electron chi connectivity index (χ0n) is 14.2. The highest BCUT2D eigenvalue weighted by Crippen LogP contribution is 2.28. The quantitative estimate of drug-likeness (QED) is 0.933. The molecule has 1 fully saturated rings. The first kappa shape index (κ1) is 15.9. The Bertz CT molecular complexity index is 792. The summed E-state index contributed by atoms with van der Waals surface area (Å²) in [5.41, 5.74) is 3.44. The van der Waals surface area contributed by atoms with Gasteiger partial charge in [0.05, 0.1) is 0 Å². The lowest BCUT2D eigenvalue weighted by atomic mass is 10.1. The van der Waals surface area contributed by atoms with Gasteiger partial charge < -0.3 is 10.2 Å². The van der Waals surface area contributed by atoms with Gasteiger partial charge in [0.15, 0.2) is 0 Å². The zero-order chi connectivity index (χ0) is 17.2. The first-order valence-electron chi connectivity index (χ1n) is 9.03.